The van der Waals surface area contributed by atoms with Crippen molar-refractivity contribution in [2.45, 2.75) is 19.6 Å². The fourth-order valence-corrected chi connectivity index (χ4v) is 1.75. The molecule has 2 aromatic heterocycles. The highest BCUT2D eigenvalue weighted by Crippen LogP contribution is 2.09. The van der Waals surface area contributed by atoms with Crippen LogP contribution in [-0.4, -0.2) is 18.0 Å². The van der Waals surface area contributed by atoms with Gasteiger partial charge in [-0.15, -0.1) is 5.54 Å². The standard InChI is InChI=1S/C12H14N2Si/c1-15(2,3)9-7-11-5-4-10-6-8-13-12(10)14-11/h4-6,8H,1-3H3,(H,13,14). The van der Waals surface area contributed by atoms with Crippen LogP contribution in [0, 0.1) is 11.5 Å². The summed E-state index contributed by atoms with van der Waals surface area (Å²) >= 11 is 0. The molecule has 0 saturated carbocycles. The smallest absolute Gasteiger partial charge is 0.138 e. The molecular weight excluding hydrogens is 200 g/mol. The Morgan fingerprint density at radius 1 is 1.20 bits per heavy atom. The molecule has 0 radical (unpaired) electrons. The first-order valence-electron chi connectivity index (χ1n) is 5.02. The first-order chi connectivity index (χ1) is 7.04. The number of aromatic nitrogens is 2. The number of aromatic amines is 1. The molecule has 0 aliphatic carbocycles. The molecule has 2 heterocycles. The number of nitrogens with one attached hydrogen (secondary N) is 1. The van der Waals surface area contributed by atoms with E-state index in [1.165, 1.54) is 0 Å². The van der Waals surface area contributed by atoms with E-state index in [0.29, 0.717) is 0 Å². The highest BCUT2D eigenvalue weighted by atomic mass is 28.3. The Bertz CT molecular complexity index is 538. The van der Waals surface area contributed by atoms with Gasteiger partial charge in [0.05, 0.1) is 0 Å². The molecule has 76 valence electrons. The van der Waals surface area contributed by atoms with Crippen molar-refractivity contribution in [3.8, 4) is 11.5 Å². The van der Waals surface area contributed by atoms with Crippen molar-refractivity contribution in [1.82, 2.24) is 9.97 Å². The van der Waals surface area contributed by atoms with Crippen LogP contribution in [-0.2, 0) is 0 Å². The number of fused-ring (bicyclic) bond motifs is 1. The maximum atomic E-state index is 4.43. The average Bonchev–Trinajstić information content (AvgIpc) is 2.60. The molecule has 0 aliphatic rings. The third kappa shape index (κ3) is 2.48. The van der Waals surface area contributed by atoms with E-state index in [1.807, 2.05) is 24.4 Å². The quantitative estimate of drug-likeness (QED) is 0.530. The summed E-state index contributed by atoms with van der Waals surface area (Å²) in [5, 5.41) is 1.13. The van der Waals surface area contributed by atoms with E-state index >= 15 is 0 Å². The molecule has 2 aromatic rings. The summed E-state index contributed by atoms with van der Waals surface area (Å²) in [7, 11) is -1.30. The van der Waals surface area contributed by atoms with E-state index in [1.54, 1.807) is 0 Å². The van der Waals surface area contributed by atoms with Gasteiger partial charge in [-0.25, -0.2) is 4.98 Å². The van der Waals surface area contributed by atoms with Crippen LogP contribution < -0.4 is 0 Å². The molecule has 0 amide bonds. The Kier molecular flexibility index (Phi) is 2.37. The minimum atomic E-state index is -1.30. The Hall–Kier alpha value is -1.53. The number of hydrogen-bond donors (Lipinski definition) is 1. The van der Waals surface area contributed by atoms with E-state index in [9.17, 15) is 0 Å². The highest BCUT2D eigenvalue weighted by Gasteiger charge is 2.07. The van der Waals surface area contributed by atoms with Crippen molar-refractivity contribution in [2.75, 3.05) is 0 Å². The van der Waals surface area contributed by atoms with Crippen molar-refractivity contribution >= 4 is 19.1 Å². The summed E-state index contributed by atoms with van der Waals surface area (Å²) in [6.07, 6.45) is 1.90. The molecule has 3 heteroatoms. The lowest BCUT2D eigenvalue weighted by atomic mass is 10.3. The SMILES string of the molecule is C[Si](C)(C)C#Cc1ccc2cc[nH]c2n1. The summed E-state index contributed by atoms with van der Waals surface area (Å²) in [4.78, 5) is 7.52. The number of nitrogens with zero attached hydrogens (tertiary/aromatic N) is 1. The second kappa shape index (κ2) is 3.56. The molecule has 0 unspecified atom stereocenters. The van der Waals surface area contributed by atoms with Crippen LogP contribution in [0.3, 0.4) is 0 Å². The minimum absolute atomic E-state index is 0.854. The first kappa shape index (κ1) is 10.0. The Balaban J connectivity index is 2.39. The molecule has 1 N–H and O–H groups in total. The summed E-state index contributed by atoms with van der Waals surface area (Å²) < 4.78 is 0. The predicted octanol–water partition coefficient (Wildman–Crippen LogP) is 2.79. The zero-order chi connectivity index (χ0) is 10.9. The van der Waals surface area contributed by atoms with Crippen LogP contribution in [0.15, 0.2) is 24.4 Å². The summed E-state index contributed by atoms with van der Waals surface area (Å²) in [6, 6.07) is 6.04. The van der Waals surface area contributed by atoms with Gasteiger partial charge in [0.15, 0.2) is 0 Å². The molecule has 2 rings (SSSR count). The maximum absolute atomic E-state index is 4.43. The monoisotopic (exact) mass is 214 g/mol. The topological polar surface area (TPSA) is 28.7 Å². The van der Waals surface area contributed by atoms with Crippen LogP contribution in [0.1, 0.15) is 5.69 Å². The van der Waals surface area contributed by atoms with Gasteiger partial charge in [0.1, 0.15) is 19.4 Å². The average molecular weight is 214 g/mol. The van der Waals surface area contributed by atoms with Gasteiger partial charge in [-0.2, -0.15) is 0 Å². The fourth-order valence-electron chi connectivity index (χ4n) is 1.25. The largest absolute Gasteiger partial charge is 0.346 e. The van der Waals surface area contributed by atoms with Crippen LogP contribution in [0.25, 0.3) is 11.0 Å². The molecule has 0 aliphatic heterocycles. The molecule has 2 nitrogen and oxygen atoms in total. The normalized spacial score (nSPS) is 11.1. The molecule has 0 saturated heterocycles. The molecule has 0 spiro atoms. The highest BCUT2D eigenvalue weighted by molar-refractivity contribution is 6.83. The molecule has 0 atom stereocenters. The van der Waals surface area contributed by atoms with E-state index in [4.69, 9.17) is 0 Å². The third-order valence-corrected chi connectivity index (χ3v) is 2.85. The molecular formula is C12H14N2Si. The van der Waals surface area contributed by atoms with Crippen LogP contribution in [0.5, 0.6) is 0 Å². The van der Waals surface area contributed by atoms with Crippen LogP contribution >= 0.6 is 0 Å². The zero-order valence-corrected chi connectivity index (χ0v) is 10.3. The van der Waals surface area contributed by atoms with Crippen molar-refractivity contribution in [1.29, 1.82) is 0 Å². The van der Waals surface area contributed by atoms with Crippen molar-refractivity contribution < 1.29 is 0 Å². The number of hydrogen-bond acceptors (Lipinski definition) is 1. The van der Waals surface area contributed by atoms with Crippen LogP contribution in [0.4, 0.5) is 0 Å². The van der Waals surface area contributed by atoms with E-state index in [0.717, 1.165) is 16.7 Å². The second-order valence-corrected chi connectivity index (χ2v) is 9.36. The molecule has 0 bridgehead atoms. The Morgan fingerprint density at radius 2 is 2.00 bits per heavy atom. The summed E-state index contributed by atoms with van der Waals surface area (Å²) in [5.74, 6) is 3.15. The van der Waals surface area contributed by atoms with Gasteiger partial charge in [-0.05, 0) is 18.2 Å². The van der Waals surface area contributed by atoms with E-state index in [-0.39, 0.29) is 0 Å². The van der Waals surface area contributed by atoms with Gasteiger partial charge in [-0.3, -0.25) is 0 Å². The predicted molar refractivity (Wildman–Crippen MR) is 66.3 cm³/mol. The second-order valence-electron chi connectivity index (χ2n) is 4.61. The molecule has 0 fully saturated rings. The van der Waals surface area contributed by atoms with Gasteiger partial charge in [0.25, 0.3) is 0 Å². The van der Waals surface area contributed by atoms with E-state index < -0.39 is 8.07 Å². The Labute approximate surface area is 90.7 Å². The fraction of sp³-hybridized carbons (Fsp3) is 0.250. The number of pyridine rings is 1. The lowest BCUT2D eigenvalue weighted by Crippen LogP contribution is -2.16. The van der Waals surface area contributed by atoms with Gasteiger partial charge in [0, 0.05) is 11.6 Å². The van der Waals surface area contributed by atoms with Crippen molar-refractivity contribution in [3.05, 3.63) is 30.1 Å². The summed E-state index contributed by atoms with van der Waals surface area (Å²) in [6.45, 7) is 6.69. The molecule has 0 aromatic carbocycles. The third-order valence-electron chi connectivity index (χ3n) is 1.97. The minimum Gasteiger partial charge on any atom is -0.346 e. The molecule has 15 heavy (non-hydrogen) atoms. The van der Waals surface area contributed by atoms with Crippen molar-refractivity contribution in [2.24, 2.45) is 0 Å². The maximum Gasteiger partial charge on any atom is 0.138 e. The summed E-state index contributed by atoms with van der Waals surface area (Å²) in [5.41, 5.74) is 5.08. The zero-order valence-electron chi connectivity index (χ0n) is 9.26. The Morgan fingerprint density at radius 3 is 2.73 bits per heavy atom. The van der Waals surface area contributed by atoms with E-state index in [2.05, 4.69) is 41.1 Å². The van der Waals surface area contributed by atoms with Crippen molar-refractivity contribution in [3.63, 3.8) is 0 Å². The number of H-pyrrole nitrogens is 1. The van der Waals surface area contributed by atoms with Crippen LogP contribution in [0.2, 0.25) is 19.6 Å². The lowest BCUT2D eigenvalue weighted by Gasteiger charge is -2.02. The van der Waals surface area contributed by atoms with Gasteiger partial charge in [-0.1, -0.05) is 25.6 Å². The van der Waals surface area contributed by atoms with Gasteiger partial charge < -0.3 is 4.98 Å². The number of rotatable bonds is 0. The van der Waals surface area contributed by atoms with Gasteiger partial charge >= 0.3 is 0 Å². The lowest BCUT2D eigenvalue weighted by molar-refractivity contribution is 1.30. The first-order valence-corrected chi connectivity index (χ1v) is 8.52. The van der Waals surface area contributed by atoms with Gasteiger partial charge in [0.2, 0.25) is 0 Å².